The van der Waals surface area contributed by atoms with Gasteiger partial charge in [-0.2, -0.15) is 5.10 Å². The lowest BCUT2D eigenvalue weighted by Crippen LogP contribution is -2.01. The van der Waals surface area contributed by atoms with Crippen LogP contribution in [0.3, 0.4) is 0 Å². The third-order valence-electron chi connectivity index (χ3n) is 3.37. The van der Waals surface area contributed by atoms with Gasteiger partial charge in [0.15, 0.2) is 0 Å². The molecule has 0 saturated heterocycles. The van der Waals surface area contributed by atoms with E-state index in [0.717, 1.165) is 12.1 Å². The fourth-order valence-electron chi connectivity index (χ4n) is 2.22. The Labute approximate surface area is 154 Å². The first-order chi connectivity index (χ1) is 13.0. The summed E-state index contributed by atoms with van der Waals surface area (Å²) in [4.78, 5) is 20.5. The Hall–Kier alpha value is -3.69. The predicted octanol–water partition coefficient (Wildman–Crippen LogP) is 3.75. The molecule has 10 heteroatoms. The molecule has 0 unspecified atom stereocenters. The first-order valence-corrected chi connectivity index (χ1v) is 8.07. The number of ether oxygens (including phenoxy) is 2. The maximum Gasteiger partial charge on any atom is 0.301 e. The predicted molar refractivity (Wildman–Crippen MR) is 99.7 cm³/mol. The lowest BCUT2D eigenvalue weighted by Gasteiger charge is -2.09. The maximum absolute atomic E-state index is 11.1. The summed E-state index contributed by atoms with van der Waals surface area (Å²) in [6, 6.07) is 8.49. The fraction of sp³-hybridized carbons (Fsp3) is 0.235. The van der Waals surface area contributed by atoms with Crippen LogP contribution < -0.4 is 14.9 Å². The van der Waals surface area contributed by atoms with Crippen LogP contribution in [0.1, 0.15) is 19.4 Å². The number of hydrazone groups is 1. The van der Waals surface area contributed by atoms with Crippen molar-refractivity contribution >= 4 is 23.3 Å². The fourth-order valence-corrected chi connectivity index (χ4v) is 2.22. The van der Waals surface area contributed by atoms with Gasteiger partial charge in [0.05, 0.1) is 35.3 Å². The van der Waals surface area contributed by atoms with Crippen LogP contribution in [-0.4, -0.2) is 29.3 Å². The van der Waals surface area contributed by atoms with Crippen LogP contribution in [0.4, 0.5) is 17.1 Å². The monoisotopic (exact) mass is 374 g/mol. The molecule has 0 saturated carbocycles. The summed E-state index contributed by atoms with van der Waals surface area (Å²) in [6.45, 7) is 4.66. The van der Waals surface area contributed by atoms with E-state index in [2.05, 4.69) is 10.5 Å². The van der Waals surface area contributed by atoms with Gasteiger partial charge >= 0.3 is 5.69 Å². The zero-order valence-electron chi connectivity index (χ0n) is 14.7. The number of nitrogens with zero attached hydrogens (tertiary/aromatic N) is 3. The van der Waals surface area contributed by atoms with Crippen LogP contribution in [0.25, 0.3) is 0 Å². The highest BCUT2D eigenvalue weighted by molar-refractivity contribution is 5.85. The van der Waals surface area contributed by atoms with Gasteiger partial charge in [-0.15, -0.1) is 0 Å². The second-order valence-corrected chi connectivity index (χ2v) is 5.15. The molecule has 2 aromatic carbocycles. The molecule has 0 fully saturated rings. The van der Waals surface area contributed by atoms with Gasteiger partial charge in [-0.05, 0) is 38.1 Å². The van der Waals surface area contributed by atoms with Crippen molar-refractivity contribution in [3.63, 3.8) is 0 Å². The molecule has 0 radical (unpaired) electrons. The number of nitrogens with one attached hydrogen (secondary N) is 1. The molecule has 0 aliphatic heterocycles. The molecule has 142 valence electrons. The Morgan fingerprint density at radius 2 is 1.78 bits per heavy atom. The van der Waals surface area contributed by atoms with E-state index >= 15 is 0 Å². The Balaban J connectivity index is 2.27. The van der Waals surface area contributed by atoms with E-state index < -0.39 is 15.5 Å². The first kappa shape index (κ1) is 19.6. The number of benzene rings is 2. The molecule has 27 heavy (non-hydrogen) atoms. The second kappa shape index (κ2) is 9.13. The highest BCUT2D eigenvalue weighted by atomic mass is 16.6. The average Bonchev–Trinajstić information content (AvgIpc) is 2.64. The summed E-state index contributed by atoms with van der Waals surface area (Å²) in [6.07, 6.45) is 1.43. The zero-order valence-corrected chi connectivity index (χ0v) is 14.7. The molecule has 2 rings (SSSR count). The molecule has 2 aromatic rings. The summed E-state index contributed by atoms with van der Waals surface area (Å²) in [5.74, 6) is 1.20. The van der Waals surface area contributed by atoms with Crippen molar-refractivity contribution in [2.24, 2.45) is 5.10 Å². The smallest absolute Gasteiger partial charge is 0.301 e. The number of rotatable bonds is 9. The Morgan fingerprint density at radius 1 is 1.04 bits per heavy atom. The molecule has 0 amide bonds. The van der Waals surface area contributed by atoms with E-state index in [0.29, 0.717) is 30.3 Å². The molecular weight excluding hydrogens is 356 g/mol. The largest absolute Gasteiger partial charge is 0.494 e. The van der Waals surface area contributed by atoms with Crippen LogP contribution in [0.5, 0.6) is 11.5 Å². The van der Waals surface area contributed by atoms with Crippen LogP contribution in [-0.2, 0) is 0 Å². The standard InChI is InChI=1S/C17H18N4O6/c1-3-26-14-6-8-17(27-4-2)12(9-14)11-18-19-15-7-5-13(20(22)23)10-16(15)21(24)25/h5-11,19H,3-4H2,1-2H3/b18-11+. The Kier molecular flexibility index (Phi) is 6.64. The number of non-ortho nitro benzene ring substituents is 1. The number of nitro groups is 2. The summed E-state index contributed by atoms with van der Waals surface area (Å²) >= 11 is 0. The van der Waals surface area contributed by atoms with Gasteiger partial charge in [-0.1, -0.05) is 0 Å². The van der Waals surface area contributed by atoms with Crippen LogP contribution in [0.2, 0.25) is 0 Å². The Morgan fingerprint density at radius 3 is 2.41 bits per heavy atom. The van der Waals surface area contributed by atoms with E-state index in [9.17, 15) is 20.2 Å². The van der Waals surface area contributed by atoms with Gasteiger partial charge in [-0.3, -0.25) is 25.7 Å². The van der Waals surface area contributed by atoms with Gasteiger partial charge in [0.2, 0.25) is 0 Å². The van der Waals surface area contributed by atoms with Crippen molar-refractivity contribution in [2.75, 3.05) is 18.6 Å². The molecule has 0 spiro atoms. The van der Waals surface area contributed by atoms with Crippen molar-refractivity contribution in [3.05, 3.63) is 62.2 Å². The Bertz CT molecular complexity index is 868. The normalized spacial score (nSPS) is 10.6. The molecule has 10 nitrogen and oxygen atoms in total. The molecule has 0 bridgehead atoms. The van der Waals surface area contributed by atoms with Crippen LogP contribution in [0.15, 0.2) is 41.5 Å². The van der Waals surface area contributed by atoms with Crippen molar-refractivity contribution < 1.29 is 19.3 Å². The number of nitro benzene ring substituents is 2. The van der Waals surface area contributed by atoms with Crippen LogP contribution in [0, 0.1) is 20.2 Å². The van der Waals surface area contributed by atoms with Gasteiger partial charge in [-0.25, -0.2) is 0 Å². The van der Waals surface area contributed by atoms with Crippen molar-refractivity contribution in [3.8, 4) is 11.5 Å². The molecule has 0 atom stereocenters. The number of hydrogen-bond donors (Lipinski definition) is 1. The molecule has 0 heterocycles. The lowest BCUT2D eigenvalue weighted by molar-refractivity contribution is -0.393. The average molecular weight is 374 g/mol. The highest BCUT2D eigenvalue weighted by Crippen LogP contribution is 2.29. The highest BCUT2D eigenvalue weighted by Gasteiger charge is 2.19. The van der Waals surface area contributed by atoms with E-state index in [1.165, 1.54) is 12.3 Å². The quantitative estimate of drug-likeness (QED) is 0.402. The van der Waals surface area contributed by atoms with Gasteiger partial charge in [0.1, 0.15) is 17.2 Å². The topological polar surface area (TPSA) is 129 Å². The van der Waals surface area contributed by atoms with Gasteiger partial charge < -0.3 is 9.47 Å². The maximum atomic E-state index is 11.1. The minimum absolute atomic E-state index is 0.0285. The van der Waals surface area contributed by atoms with E-state index in [1.807, 2.05) is 13.8 Å². The third kappa shape index (κ3) is 5.14. The van der Waals surface area contributed by atoms with Crippen molar-refractivity contribution in [2.45, 2.75) is 13.8 Å². The third-order valence-corrected chi connectivity index (χ3v) is 3.37. The molecule has 0 aromatic heterocycles. The van der Waals surface area contributed by atoms with Gasteiger partial charge in [0, 0.05) is 11.6 Å². The first-order valence-electron chi connectivity index (χ1n) is 8.07. The zero-order chi connectivity index (χ0) is 19.8. The summed E-state index contributed by atoms with van der Waals surface area (Å²) in [7, 11) is 0. The molecule has 1 N–H and O–H groups in total. The number of anilines is 1. The summed E-state index contributed by atoms with van der Waals surface area (Å²) in [5, 5.41) is 25.9. The van der Waals surface area contributed by atoms with E-state index in [1.54, 1.807) is 18.2 Å². The number of hydrogen-bond acceptors (Lipinski definition) is 8. The SMILES string of the molecule is CCOc1ccc(OCC)c(/C=N/Nc2ccc([N+](=O)[O-])cc2[N+](=O)[O-])c1. The van der Waals surface area contributed by atoms with E-state index in [4.69, 9.17) is 9.47 Å². The molecule has 0 aliphatic carbocycles. The van der Waals surface area contributed by atoms with Gasteiger partial charge in [0.25, 0.3) is 5.69 Å². The van der Waals surface area contributed by atoms with Crippen molar-refractivity contribution in [1.29, 1.82) is 0 Å². The minimum atomic E-state index is -0.716. The second-order valence-electron chi connectivity index (χ2n) is 5.15. The summed E-state index contributed by atoms with van der Waals surface area (Å²) in [5.41, 5.74) is 2.35. The van der Waals surface area contributed by atoms with Crippen molar-refractivity contribution in [1.82, 2.24) is 0 Å². The summed E-state index contributed by atoms with van der Waals surface area (Å²) < 4.78 is 11.0. The lowest BCUT2D eigenvalue weighted by atomic mass is 10.2. The minimum Gasteiger partial charge on any atom is -0.494 e. The molecule has 0 aliphatic rings. The van der Waals surface area contributed by atoms with Crippen LogP contribution >= 0.6 is 0 Å². The van der Waals surface area contributed by atoms with E-state index in [-0.39, 0.29) is 11.4 Å². The molecular formula is C17H18N4O6.